The van der Waals surface area contributed by atoms with Gasteiger partial charge < -0.3 is 16.0 Å². The van der Waals surface area contributed by atoms with Gasteiger partial charge in [0.1, 0.15) is 0 Å². The average molecular weight is 449 g/mol. The Morgan fingerprint density at radius 1 is 1.27 bits per heavy atom. The number of aromatic amines is 1. The second-order valence-electron chi connectivity index (χ2n) is 9.44. The van der Waals surface area contributed by atoms with Crippen molar-refractivity contribution in [1.29, 1.82) is 0 Å². The van der Waals surface area contributed by atoms with Gasteiger partial charge in [-0.15, -0.1) is 0 Å². The van der Waals surface area contributed by atoms with Crippen molar-refractivity contribution in [3.63, 3.8) is 0 Å². The third-order valence-electron chi connectivity index (χ3n) is 6.93. The maximum Gasteiger partial charge on any atom is 0.233 e. The number of piperidine rings is 1. The molecule has 1 amide bonds. The average Bonchev–Trinajstić information content (AvgIpc) is 3.20. The molecule has 0 atom stereocenters. The maximum atomic E-state index is 11.7. The zero-order valence-corrected chi connectivity index (χ0v) is 20.1. The lowest BCUT2D eigenvalue weighted by Crippen LogP contribution is -2.40. The van der Waals surface area contributed by atoms with E-state index in [4.69, 9.17) is 11.6 Å². The topological polar surface area (TPSA) is 103 Å². The fourth-order valence-electron chi connectivity index (χ4n) is 5.06. The van der Waals surface area contributed by atoms with Gasteiger partial charge in [-0.3, -0.25) is 14.7 Å². The fourth-order valence-corrected chi connectivity index (χ4v) is 5.06. The van der Waals surface area contributed by atoms with Crippen molar-refractivity contribution in [3.05, 3.63) is 64.8 Å². The summed E-state index contributed by atoms with van der Waals surface area (Å²) in [5.74, 6) is 7.09. The van der Waals surface area contributed by atoms with Crippen LogP contribution in [0.1, 0.15) is 62.3 Å². The summed E-state index contributed by atoms with van der Waals surface area (Å²) in [5, 5.41) is 5.61. The minimum atomic E-state index is 0.0861. The Hall–Kier alpha value is -3.03. The zero-order valence-electron chi connectivity index (χ0n) is 20.1. The van der Waals surface area contributed by atoms with E-state index in [9.17, 15) is 4.79 Å². The highest BCUT2D eigenvalue weighted by atomic mass is 16.1. The van der Waals surface area contributed by atoms with Crippen LogP contribution in [-0.4, -0.2) is 47.5 Å². The quantitative estimate of drug-likeness (QED) is 0.524. The van der Waals surface area contributed by atoms with Crippen LogP contribution in [-0.2, 0) is 4.79 Å². The SMILES string of the molecule is CNC(=O)CN1CCC(c2ccc3[nH]c(C4=C/C(=C/N)N(N)C(C)=C4)c(C(C)C)c3c2)CC1. The van der Waals surface area contributed by atoms with E-state index in [1.807, 2.05) is 13.0 Å². The van der Waals surface area contributed by atoms with E-state index in [0.717, 1.165) is 54.1 Å². The predicted molar refractivity (Wildman–Crippen MR) is 135 cm³/mol. The van der Waals surface area contributed by atoms with Gasteiger partial charge in [-0.05, 0) is 80.1 Å². The molecule has 4 rings (SSSR count). The molecular formula is C26H36N6O. The van der Waals surface area contributed by atoms with Crippen LogP contribution < -0.4 is 16.9 Å². The molecule has 2 aliphatic heterocycles. The lowest BCUT2D eigenvalue weighted by Gasteiger charge is -2.31. The lowest BCUT2D eigenvalue weighted by atomic mass is 9.87. The van der Waals surface area contributed by atoms with Crippen molar-refractivity contribution < 1.29 is 4.79 Å². The molecule has 0 unspecified atom stereocenters. The van der Waals surface area contributed by atoms with Crippen LogP contribution in [0.15, 0.2) is 47.9 Å². The van der Waals surface area contributed by atoms with Gasteiger partial charge in [0.2, 0.25) is 5.91 Å². The van der Waals surface area contributed by atoms with E-state index >= 15 is 0 Å². The molecule has 0 aliphatic carbocycles. The number of hydrogen-bond donors (Lipinski definition) is 4. The van der Waals surface area contributed by atoms with Gasteiger partial charge in [-0.25, -0.2) is 5.84 Å². The van der Waals surface area contributed by atoms with Crippen LogP contribution in [0.25, 0.3) is 16.5 Å². The molecule has 33 heavy (non-hydrogen) atoms. The number of benzene rings is 1. The number of allylic oxidation sites excluding steroid dienone is 4. The van der Waals surface area contributed by atoms with Gasteiger partial charge >= 0.3 is 0 Å². The zero-order chi connectivity index (χ0) is 23.7. The summed E-state index contributed by atoms with van der Waals surface area (Å²) in [6.07, 6.45) is 7.82. The molecule has 2 aliphatic rings. The van der Waals surface area contributed by atoms with E-state index in [2.05, 4.69) is 53.3 Å². The molecular weight excluding hydrogens is 412 g/mol. The van der Waals surface area contributed by atoms with Crippen LogP contribution in [0.2, 0.25) is 0 Å². The molecule has 0 saturated carbocycles. The molecule has 0 bridgehead atoms. The van der Waals surface area contributed by atoms with Gasteiger partial charge in [0.25, 0.3) is 0 Å². The molecule has 0 spiro atoms. The Balaban J connectivity index is 1.66. The number of nitrogens with zero attached hydrogens (tertiary/aromatic N) is 2. The first-order valence-electron chi connectivity index (χ1n) is 11.8. The van der Waals surface area contributed by atoms with Crippen molar-refractivity contribution >= 4 is 22.4 Å². The van der Waals surface area contributed by atoms with Crippen molar-refractivity contribution in [3.8, 4) is 0 Å². The molecule has 176 valence electrons. The molecule has 1 fully saturated rings. The summed E-state index contributed by atoms with van der Waals surface area (Å²) < 4.78 is 0. The molecule has 1 saturated heterocycles. The molecule has 3 heterocycles. The van der Waals surface area contributed by atoms with Crippen LogP contribution in [0.4, 0.5) is 0 Å². The Morgan fingerprint density at radius 2 is 2.00 bits per heavy atom. The number of aromatic nitrogens is 1. The number of hydrogen-bond acceptors (Lipinski definition) is 5. The number of likely N-dealkylation sites (N-methyl/N-ethyl adjacent to an activating group) is 1. The molecule has 0 radical (unpaired) electrons. The first kappa shape index (κ1) is 23.1. The van der Waals surface area contributed by atoms with E-state index < -0.39 is 0 Å². The lowest BCUT2D eigenvalue weighted by molar-refractivity contribution is -0.122. The Kier molecular flexibility index (Phi) is 6.63. The predicted octanol–water partition coefficient (Wildman–Crippen LogP) is 3.49. The van der Waals surface area contributed by atoms with Crippen molar-refractivity contribution in [2.45, 2.75) is 45.4 Å². The van der Waals surface area contributed by atoms with Gasteiger partial charge in [0.05, 0.1) is 17.9 Å². The second kappa shape index (κ2) is 9.45. The molecule has 7 heteroatoms. The summed E-state index contributed by atoms with van der Waals surface area (Å²) in [6.45, 7) is 8.86. The number of H-pyrrole nitrogens is 1. The van der Waals surface area contributed by atoms with E-state index in [0.29, 0.717) is 18.4 Å². The highest BCUT2D eigenvalue weighted by molar-refractivity contribution is 5.93. The number of carbonyl (C=O) groups excluding carboxylic acids is 1. The Labute approximate surface area is 196 Å². The van der Waals surface area contributed by atoms with Gasteiger partial charge in [0.15, 0.2) is 0 Å². The van der Waals surface area contributed by atoms with Crippen molar-refractivity contribution in [2.75, 3.05) is 26.7 Å². The summed E-state index contributed by atoms with van der Waals surface area (Å²) in [7, 11) is 1.70. The van der Waals surface area contributed by atoms with Crippen LogP contribution in [0.3, 0.4) is 0 Å². The third kappa shape index (κ3) is 4.56. The summed E-state index contributed by atoms with van der Waals surface area (Å²) >= 11 is 0. The number of rotatable bonds is 5. The van der Waals surface area contributed by atoms with E-state index in [1.165, 1.54) is 16.5 Å². The fraction of sp³-hybridized carbons (Fsp3) is 0.423. The van der Waals surface area contributed by atoms with Crippen molar-refractivity contribution in [1.82, 2.24) is 20.2 Å². The van der Waals surface area contributed by atoms with Crippen LogP contribution in [0, 0.1) is 0 Å². The van der Waals surface area contributed by atoms with Crippen LogP contribution in [0.5, 0.6) is 0 Å². The number of fused-ring (bicyclic) bond motifs is 1. The number of carbonyl (C=O) groups is 1. The minimum Gasteiger partial charge on any atom is -0.403 e. The summed E-state index contributed by atoms with van der Waals surface area (Å²) in [6, 6.07) is 6.85. The highest BCUT2D eigenvalue weighted by Crippen LogP contribution is 2.38. The monoisotopic (exact) mass is 448 g/mol. The number of likely N-dealkylation sites (tertiary alicyclic amines) is 1. The largest absolute Gasteiger partial charge is 0.403 e. The number of hydrazine groups is 1. The highest BCUT2D eigenvalue weighted by Gasteiger charge is 2.24. The standard InChI is InChI=1S/C26H36N6O/c1-16(2)25-22-13-19(18-7-9-31(10-8-18)15-24(33)29-4)5-6-23(22)30-26(25)20-11-17(3)32(28)21(12-20)14-27/h5-6,11-14,16,18,30H,7-10,15,27-28H2,1-4H3,(H,29,33)/b21-14-. The molecule has 7 nitrogen and oxygen atoms in total. The first-order chi connectivity index (χ1) is 15.8. The van der Waals surface area contributed by atoms with Crippen LogP contribution >= 0.6 is 0 Å². The number of amides is 1. The third-order valence-corrected chi connectivity index (χ3v) is 6.93. The van der Waals surface area contributed by atoms with Gasteiger partial charge in [-0.2, -0.15) is 0 Å². The second-order valence-corrected chi connectivity index (χ2v) is 9.44. The first-order valence-corrected chi connectivity index (χ1v) is 11.8. The normalized spacial score (nSPS) is 19.3. The Bertz CT molecular complexity index is 1130. The number of nitrogens with two attached hydrogens (primary N) is 2. The molecule has 1 aromatic carbocycles. The molecule has 2 aromatic rings. The molecule has 1 aromatic heterocycles. The Morgan fingerprint density at radius 3 is 2.64 bits per heavy atom. The number of nitrogens with one attached hydrogen (secondary N) is 2. The minimum absolute atomic E-state index is 0.0861. The van der Waals surface area contributed by atoms with E-state index in [1.54, 1.807) is 18.3 Å². The maximum absolute atomic E-state index is 11.7. The van der Waals surface area contributed by atoms with E-state index in [-0.39, 0.29) is 5.91 Å². The smallest absolute Gasteiger partial charge is 0.233 e. The van der Waals surface area contributed by atoms with Gasteiger partial charge in [0, 0.05) is 35.4 Å². The van der Waals surface area contributed by atoms with Crippen molar-refractivity contribution in [2.24, 2.45) is 11.6 Å². The van der Waals surface area contributed by atoms with Gasteiger partial charge in [-0.1, -0.05) is 19.9 Å². The summed E-state index contributed by atoms with van der Waals surface area (Å²) in [5.41, 5.74) is 13.6. The summed E-state index contributed by atoms with van der Waals surface area (Å²) in [4.78, 5) is 17.6. The molecule has 6 N–H and O–H groups in total.